The second kappa shape index (κ2) is 7.86. The molecule has 3 rings (SSSR count). The van der Waals surface area contributed by atoms with Gasteiger partial charge in [0.05, 0.1) is 10.9 Å². The summed E-state index contributed by atoms with van der Waals surface area (Å²) in [5, 5.41) is 2.37. The Morgan fingerprint density at radius 2 is 2.16 bits per heavy atom. The van der Waals surface area contributed by atoms with Gasteiger partial charge in [0.15, 0.2) is 0 Å². The van der Waals surface area contributed by atoms with Gasteiger partial charge in [-0.3, -0.25) is 4.79 Å². The fourth-order valence-electron chi connectivity index (χ4n) is 3.00. The first-order valence-corrected chi connectivity index (χ1v) is 10.8. The second-order valence-electron chi connectivity index (χ2n) is 5.87. The molecule has 25 heavy (non-hydrogen) atoms. The smallest absolute Gasteiger partial charge is 0.240 e. The highest BCUT2D eigenvalue weighted by molar-refractivity contribution is 7.89. The summed E-state index contributed by atoms with van der Waals surface area (Å²) in [6, 6.07) is 10.2. The van der Waals surface area contributed by atoms with Gasteiger partial charge in [-0.2, -0.15) is 0 Å². The lowest BCUT2D eigenvalue weighted by Gasteiger charge is -2.24. The van der Waals surface area contributed by atoms with Crippen LogP contribution >= 0.6 is 22.9 Å². The third kappa shape index (κ3) is 4.41. The molecule has 1 amide bonds. The number of carbonyl (C=O) groups excluding carboxylic acids is 1. The quantitative estimate of drug-likeness (QED) is 0.810. The first-order valence-electron chi connectivity index (χ1n) is 8.05. The van der Waals surface area contributed by atoms with Crippen molar-refractivity contribution in [2.75, 3.05) is 13.1 Å². The van der Waals surface area contributed by atoms with Crippen molar-refractivity contribution in [3.05, 3.63) is 51.7 Å². The Morgan fingerprint density at radius 3 is 2.88 bits per heavy atom. The Bertz CT molecular complexity index is 837. The molecule has 0 aliphatic carbocycles. The summed E-state index contributed by atoms with van der Waals surface area (Å²) in [7, 11) is -3.66. The van der Waals surface area contributed by atoms with Crippen LogP contribution in [0.3, 0.4) is 0 Å². The fourth-order valence-corrected chi connectivity index (χ4v) is 5.20. The minimum atomic E-state index is -3.66. The molecule has 2 heterocycles. The molecule has 0 spiro atoms. The van der Waals surface area contributed by atoms with Gasteiger partial charge in [-0.15, -0.1) is 11.3 Å². The van der Waals surface area contributed by atoms with Crippen molar-refractivity contribution in [3.8, 4) is 0 Å². The van der Waals surface area contributed by atoms with E-state index >= 15 is 0 Å². The number of carbonyl (C=O) groups is 1. The number of nitrogens with one attached hydrogen (secondary N) is 1. The number of hydrogen-bond donors (Lipinski definition) is 1. The summed E-state index contributed by atoms with van der Waals surface area (Å²) in [4.78, 5) is 15.7. The molecule has 1 N–H and O–H groups in total. The van der Waals surface area contributed by atoms with Crippen molar-refractivity contribution < 1.29 is 13.2 Å². The lowest BCUT2D eigenvalue weighted by molar-refractivity contribution is -0.131. The minimum absolute atomic E-state index is 0.0234. The highest BCUT2D eigenvalue weighted by Gasteiger charge is 2.30. The zero-order valence-corrected chi connectivity index (χ0v) is 15.9. The molecule has 8 heteroatoms. The second-order valence-corrected chi connectivity index (χ2v) is 9.05. The molecule has 1 atom stereocenters. The average Bonchev–Trinajstić information content (AvgIpc) is 3.25. The van der Waals surface area contributed by atoms with Crippen LogP contribution in [0.25, 0.3) is 0 Å². The van der Waals surface area contributed by atoms with E-state index in [9.17, 15) is 13.2 Å². The van der Waals surface area contributed by atoms with Crippen molar-refractivity contribution >= 4 is 38.9 Å². The van der Waals surface area contributed by atoms with Gasteiger partial charge in [0, 0.05) is 29.4 Å². The lowest BCUT2D eigenvalue weighted by atomic mass is 10.2. The fraction of sp³-hybridized carbons (Fsp3) is 0.353. The predicted molar refractivity (Wildman–Crippen MR) is 99.3 cm³/mol. The van der Waals surface area contributed by atoms with Crippen LogP contribution in [0.4, 0.5) is 0 Å². The van der Waals surface area contributed by atoms with E-state index in [4.69, 9.17) is 11.6 Å². The Hall–Kier alpha value is -1.41. The molecule has 5 nitrogen and oxygen atoms in total. The number of nitrogens with zero attached hydrogens (tertiary/aromatic N) is 1. The number of thiophene rings is 1. The van der Waals surface area contributed by atoms with Gasteiger partial charge < -0.3 is 4.90 Å². The number of likely N-dealkylation sites (tertiary alicyclic amines) is 1. The van der Waals surface area contributed by atoms with Crippen LogP contribution in [0.15, 0.2) is 46.7 Å². The van der Waals surface area contributed by atoms with Crippen LogP contribution in [-0.2, 0) is 14.8 Å². The summed E-state index contributed by atoms with van der Waals surface area (Å²) in [6.07, 6.45) is 2.07. The molecule has 1 unspecified atom stereocenters. The van der Waals surface area contributed by atoms with E-state index in [0.717, 1.165) is 19.4 Å². The van der Waals surface area contributed by atoms with Crippen molar-refractivity contribution in [2.45, 2.75) is 30.2 Å². The molecule has 1 aromatic carbocycles. The zero-order chi connectivity index (χ0) is 17.9. The molecular formula is C17H19ClN2O3S2. The van der Waals surface area contributed by atoms with Crippen molar-refractivity contribution in [2.24, 2.45) is 0 Å². The van der Waals surface area contributed by atoms with Crippen molar-refractivity contribution in [3.63, 3.8) is 0 Å². The predicted octanol–water partition coefficient (Wildman–Crippen LogP) is 3.43. The normalized spacial score (nSPS) is 17.8. The van der Waals surface area contributed by atoms with Gasteiger partial charge in [-0.1, -0.05) is 23.7 Å². The molecule has 2 aromatic rings. The molecule has 0 bridgehead atoms. The number of rotatable bonds is 6. The molecule has 1 aromatic heterocycles. The Kier molecular flexibility index (Phi) is 5.78. The number of benzene rings is 1. The van der Waals surface area contributed by atoms with Crippen LogP contribution < -0.4 is 4.72 Å². The van der Waals surface area contributed by atoms with Gasteiger partial charge in [-0.05, 0) is 42.5 Å². The van der Waals surface area contributed by atoms with Gasteiger partial charge in [-0.25, -0.2) is 13.1 Å². The van der Waals surface area contributed by atoms with E-state index in [1.54, 1.807) is 23.5 Å². The topological polar surface area (TPSA) is 66.5 Å². The van der Waals surface area contributed by atoms with E-state index in [0.29, 0.717) is 5.02 Å². The largest absolute Gasteiger partial charge is 0.335 e. The molecule has 134 valence electrons. The first-order chi connectivity index (χ1) is 12.0. The van der Waals surface area contributed by atoms with Crippen LogP contribution in [0.1, 0.15) is 30.2 Å². The summed E-state index contributed by atoms with van der Waals surface area (Å²) >= 11 is 7.48. The van der Waals surface area contributed by atoms with Crippen LogP contribution in [0.2, 0.25) is 5.02 Å². The molecule has 1 aliphatic heterocycles. The summed E-state index contributed by atoms with van der Waals surface area (Å²) in [6.45, 7) is 0.795. The Morgan fingerprint density at radius 1 is 1.32 bits per heavy atom. The maximum absolute atomic E-state index is 12.5. The van der Waals surface area contributed by atoms with E-state index in [2.05, 4.69) is 4.72 Å². The molecule has 1 aliphatic rings. The van der Waals surface area contributed by atoms with Gasteiger partial charge in [0.2, 0.25) is 15.9 Å². The van der Waals surface area contributed by atoms with Gasteiger partial charge in [0.1, 0.15) is 0 Å². The summed E-state index contributed by atoms with van der Waals surface area (Å²) < 4.78 is 27.0. The van der Waals surface area contributed by atoms with E-state index in [-0.39, 0.29) is 29.8 Å². The number of amides is 1. The molecule has 1 saturated heterocycles. The van der Waals surface area contributed by atoms with Crippen molar-refractivity contribution in [1.82, 2.24) is 9.62 Å². The van der Waals surface area contributed by atoms with Crippen molar-refractivity contribution in [1.29, 1.82) is 0 Å². The van der Waals surface area contributed by atoms with Crippen LogP contribution in [0, 0.1) is 0 Å². The highest BCUT2D eigenvalue weighted by atomic mass is 35.5. The molecule has 0 saturated carbocycles. The van der Waals surface area contributed by atoms with E-state index in [1.807, 2.05) is 22.4 Å². The monoisotopic (exact) mass is 398 g/mol. The van der Waals surface area contributed by atoms with Crippen LogP contribution in [0.5, 0.6) is 0 Å². The molecule has 0 radical (unpaired) electrons. The lowest BCUT2D eigenvalue weighted by Crippen LogP contribution is -2.34. The minimum Gasteiger partial charge on any atom is -0.335 e. The Balaban J connectivity index is 1.57. The summed E-state index contributed by atoms with van der Waals surface area (Å²) in [5.41, 5.74) is 0. The third-order valence-electron chi connectivity index (χ3n) is 4.18. The Labute approximate surface area is 156 Å². The maximum atomic E-state index is 12.5. The van der Waals surface area contributed by atoms with Gasteiger partial charge >= 0.3 is 0 Å². The number of hydrogen-bond acceptors (Lipinski definition) is 4. The molecular weight excluding hydrogens is 380 g/mol. The third-order valence-corrected chi connectivity index (χ3v) is 6.85. The van der Waals surface area contributed by atoms with E-state index in [1.165, 1.54) is 17.0 Å². The van der Waals surface area contributed by atoms with E-state index < -0.39 is 10.0 Å². The van der Waals surface area contributed by atoms with Crippen LogP contribution in [-0.4, -0.2) is 32.3 Å². The summed E-state index contributed by atoms with van der Waals surface area (Å²) in [5.74, 6) is -0.0234. The van der Waals surface area contributed by atoms with Gasteiger partial charge in [0.25, 0.3) is 0 Å². The maximum Gasteiger partial charge on any atom is 0.240 e. The SMILES string of the molecule is O=C(CCNS(=O)(=O)c1cccc(Cl)c1)N1CCCC1c1cccs1. The zero-order valence-electron chi connectivity index (χ0n) is 13.5. The first kappa shape index (κ1) is 18.4. The standard InChI is InChI=1S/C17H19ClN2O3S2/c18-13-4-1-5-14(12-13)25(22,23)19-9-8-17(21)20-10-2-6-15(20)16-7-3-11-24-16/h1,3-5,7,11-12,15,19H,2,6,8-10H2. The number of halogens is 1. The highest BCUT2D eigenvalue weighted by Crippen LogP contribution is 2.34. The average molecular weight is 399 g/mol. The number of sulfonamides is 1. The molecule has 1 fully saturated rings.